The van der Waals surface area contributed by atoms with E-state index in [1.165, 1.54) is 0 Å². The summed E-state index contributed by atoms with van der Waals surface area (Å²) in [6, 6.07) is -0.258. The van der Waals surface area contributed by atoms with Gasteiger partial charge in [0.25, 0.3) is 0 Å². The number of carboxylic acid groups (broad SMARTS) is 1. The fourth-order valence-electron chi connectivity index (χ4n) is 3.05. The molecule has 1 atom stereocenters. The van der Waals surface area contributed by atoms with Gasteiger partial charge in [0.1, 0.15) is 5.54 Å². The third-order valence-corrected chi connectivity index (χ3v) is 4.80. The average Bonchev–Trinajstić information content (AvgIpc) is 2.89. The van der Waals surface area contributed by atoms with Gasteiger partial charge in [-0.2, -0.15) is 0 Å². The summed E-state index contributed by atoms with van der Waals surface area (Å²) in [6.07, 6.45) is 1.62. The van der Waals surface area contributed by atoms with Gasteiger partial charge >= 0.3 is 12.0 Å². The predicted molar refractivity (Wildman–Crippen MR) is 78.1 cm³/mol. The van der Waals surface area contributed by atoms with E-state index in [2.05, 4.69) is 26.1 Å². The number of carbonyl (C=O) groups excluding carboxylic acids is 1. The highest BCUT2D eigenvalue weighted by molar-refractivity contribution is 5.86. The minimum absolute atomic E-state index is 0.165. The number of ether oxygens (including phenoxy) is 1. The summed E-state index contributed by atoms with van der Waals surface area (Å²) in [5.41, 5.74) is -1.01. The zero-order valence-electron chi connectivity index (χ0n) is 13.1. The van der Waals surface area contributed by atoms with Gasteiger partial charge in [0.2, 0.25) is 0 Å². The lowest BCUT2D eigenvalue weighted by atomic mass is 9.80. The van der Waals surface area contributed by atoms with Crippen LogP contribution in [0.25, 0.3) is 0 Å². The van der Waals surface area contributed by atoms with E-state index in [1.54, 1.807) is 4.90 Å². The molecule has 1 unspecified atom stereocenters. The van der Waals surface area contributed by atoms with Gasteiger partial charge in [-0.3, -0.25) is 0 Å². The number of amides is 2. The van der Waals surface area contributed by atoms with E-state index in [1.807, 2.05) is 0 Å². The Balaban J connectivity index is 1.99. The van der Waals surface area contributed by atoms with Crippen molar-refractivity contribution in [2.45, 2.75) is 45.6 Å². The molecule has 2 amide bonds. The van der Waals surface area contributed by atoms with Crippen LogP contribution in [0.1, 0.15) is 40.0 Å². The van der Waals surface area contributed by atoms with Crippen LogP contribution in [0.4, 0.5) is 4.79 Å². The molecule has 6 nitrogen and oxygen atoms in total. The molecule has 2 aliphatic heterocycles. The summed E-state index contributed by atoms with van der Waals surface area (Å²) in [6.45, 7) is 8.67. The molecule has 0 aromatic carbocycles. The second kappa shape index (κ2) is 5.83. The lowest BCUT2D eigenvalue weighted by Gasteiger charge is -2.35. The second-order valence-corrected chi connectivity index (χ2v) is 7.23. The number of hydrogen-bond donors (Lipinski definition) is 2. The number of carboxylic acids is 1. The first-order valence-corrected chi connectivity index (χ1v) is 7.63. The topological polar surface area (TPSA) is 78.9 Å². The van der Waals surface area contributed by atoms with Crippen LogP contribution in [-0.4, -0.2) is 53.8 Å². The minimum Gasteiger partial charge on any atom is -0.480 e. The minimum atomic E-state index is -1.17. The van der Waals surface area contributed by atoms with Crippen LogP contribution < -0.4 is 5.32 Å². The van der Waals surface area contributed by atoms with Gasteiger partial charge in [-0.25, -0.2) is 9.59 Å². The molecule has 2 rings (SSSR count). The van der Waals surface area contributed by atoms with Crippen molar-refractivity contribution < 1.29 is 19.4 Å². The Hall–Kier alpha value is -1.30. The maximum Gasteiger partial charge on any atom is 0.329 e. The van der Waals surface area contributed by atoms with Gasteiger partial charge in [-0.1, -0.05) is 20.8 Å². The van der Waals surface area contributed by atoms with Gasteiger partial charge in [0.05, 0.1) is 0 Å². The SMILES string of the molecule is CC(C)(C)C1CCN(C(=O)NC2(C(=O)O)CCOCC2)C1. The maximum absolute atomic E-state index is 12.4. The second-order valence-electron chi connectivity index (χ2n) is 7.23. The molecule has 6 heteroatoms. The molecule has 2 heterocycles. The van der Waals surface area contributed by atoms with Gasteiger partial charge in [0, 0.05) is 39.1 Å². The molecule has 2 saturated heterocycles. The van der Waals surface area contributed by atoms with Crippen LogP contribution in [0.3, 0.4) is 0 Å². The Bertz CT molecular complexity index is 410. The molecule has 0 aliphatic carbocycles. The Kier molecular flexibility index (Phi) is 4.46. The smallest absolute Gasteiger partial charge is 0.329 e. The standard InChI is InChI=1S/C15H26N2O4/c1-14(2,3)11-4-7-17(10-11)13(20)16-15(12(18)19)5-8-21-9-6-15/h11H,4-10H2,1-3H3,(H,16,20)(H,18,19). The van der Waals surface area contributed by atoms with Gasteiger partial charge in [0.15, 0.2) is 0 Å². The van der Waals surface area contributed by atoms with Crippen molar-refractivity contribution in [1.29, 1.82) is 0 Å². The molecule has 0 aromatic rings. The lowest BCUT2D eigenvalue weighted by Crippen LogP contribution is -2.60. The number of likely N-dealkylation sites (tertiary alicyclic amines) is 1. The van der Waals surface area contributed by atoms with Gasteiger partial charge in [-0.05, 0) is 17.8 Å². The van der Waals surface area contributed by atoms with Crippen LogP contribution in [0.15, 0.2) is 0 Å². The third kappa shape index (κ3) is 3.48. The molecule has 0 saturated carbocycles. The van der Waals surface area contributed by atoms with Crippen LogP contribution in [0, 0.1) is 11.3 Å². The number of rotatable bonds is 2. The van der Waals surface area contributed by atoms with E-state index in [0.717, 1.165) is 6.42 Å². The molecule has 120 valence electrons. The fraction of sp³-hybridized carbons (Fsp3) is 0.867. The van der Waals surface area contributed by atoms with E-state index in [4.69, 9.17) is 4.74 Å². The summed E-state index contributed by atoms with van der Waals surface area (Å²) >= 11 is 0. The highest BCUT2D eigenvalue weighted by atomic mass is 16.5. The summed E-state index contributed by atoms with van der Waals surface area (Å²) in [5, 5.41) is 12.2. The van der Waals surface area contributed by atoms with Crippen molar-refractivity contribution in [1.82, 2.24) is 10.2 Å². The molecule has 0 aromatic heterocycles. The van der Waals surface area contributed by atoms with Gasteiger partial charge < -0.3 is 20.1 Å². The monoisotopic (exact) mass is 298 g/mol. The van der Waals surface area contributed by atoms with Gasteiger partial charge in [-0.15, -0.1) is 0 Å². The number of carbonyl (C=O) groups is 2. The lowest BCUT2D eigenvalue weighted by molar-refractivity contribution is -0.148. The van der Waals surface area contributed by atoms with Crippen molar-refractivity contribution in [2.75, 3.05) is 26.3 Å². The largest absolute Gasteiger partial charge is 0.480 e. The summed E-state index contributed by atoms with van der Waals surface area (Å²) < 4.78 is 5.22. The highest BCUT2D eigenvalue weighted by Gasteiger charge is 2.43. The molecule has 21 heavy (non-hydrogen) atoms. The van der Waals surface area contributed by atoms with Crippen molar-refractivity contribution >= 4 is 12.0 Å². The zero-order chi connectivity index (χ0) is 15.7. The normalized spacial score (nSPS) is 25.7. The quantitative estimate of drug-likeness (QED) is 0.813. The summed E-state index contributed by atoms with van der Waals surface area (Å²) in [4.78, 5) is 25.7. The Morgan fingerprint density at radius 3 is 2.38 bits per heavy atom. The fourth-order valence-corrected chi connectivity index (χ4v) is 3.05. The highest BCUT2D eigenvalue weighted by Crippen LogP contribution is 2.33. The zero-order valence-corrected chi connectivity index (χ0v) is 13.1. The summed E-state index contributed by atoms with van der Waals surface area (Å²) in [5.74, 6) is -0.510. The molecule has 2 aliphatic rings. The number of hydrogen-bond acceptors (Lipinski definition) is 3. The van der Waals surface area contributed by atoms with E-state index < -0.39 is 11.5 Å². The number of aliphatic carboxylic acids is 1. The molecule has 0 bridgehead atoms. The Labute approximate surface area is 125 Å². The number of nitrogens with zero attached hydrogens (tertiary/aromatic N) is 1. The van der Waals surface area contributed by atoms with Crippen molar-refractivity contribution in [3.63, 3.8) is 0 Å². The molecule has 2 fully saturated rings. The van der Waals surface area contributed by atoms with Crippen LogP contribution in [0.5, 0.6) is 0 Å². The molecular weight excluding hydrogens is 272 g/mol. The third-order valence-electron chi connectivity index (χ3n) is 4.80. The first-order chi connectivity index (χ1) is 9.74. The van der Waals surface area contributed by atoms with Crippen LogP contribution in [-0.2, 0) is 9.53 Å². The van der Waals surface area contributed by atoms with E-state index in [-0.39, 0.29) is 11.4 Å². The Morgan fingerprint density at radius 2 is 1.90 bits per heavy atom. The van der Waals surface area contributed by atoms with Crippen molar-refractivity contribution in [3.8, 4) is 0 Å². The van der Waals surface area contributed by atoms with E-state index in [0.29, 0.717) is 45.1 Å². The number of nitrogens with one attached hydrogen (secondary N) is 1. The molecular formula is C15H26N2O4. The maximum atomic E-state index is 12.4. The molecule has 2 N–H and O–H groups in total. The van der Waals surface area contributed by atoms with Crippen molar-refractivity contribution in [3.05, 3.63) is 0 Å². The molecule has 0 radical (unpaired) electrons. The Morgan fingerprint density at radius 1 is 1.29 bits per heavy atom. The van der Waals surface area contributed by atoms with E-state index >= 15 is 0 Å². The first kappa shape index (κ1) is 16.1. The van der Waals surface area contributed by atoms with E-state index in [9.17, 15) is 14.7 Å². The van der Waals surface area contributed by atoms with Crippen LogP contribution >= 0.6 is 0 Å². The van der Waals surface area contributed by atoms with Crippen molar-refractivity contribution in [2.24, 2.45) is 11.3 Å². The number of urea groups is 1. The predicted octanol–water partition coefficient (Wildman–Crippen LogP) is 1.70. The van der Waals surface area contributed by atoms with Crippen LogP contribution in [0.2, 0.25) is 0 Å². The molecule has 0 spiro atoms. The summed E-state index contributed by atoms with van der Waals surface area (Å²) in [7, 11) is 0. The first-order valence-electron chi connectivity index (χ1n) is 7.63. The average molecular weight is 298 g/mol.